The van der Waals surface area contributed by atoms with Crippen LogP contribution < -0.4 is 9.62 Å². The Balaban J connectivity index is 1.90. The molecule has 0 aliphatic heterocycles. The molecule has 0 fully saturated rings. The first-order valence-electron chi connectivity index (χ1n) is 7.41. The van der Waals surface area contributed by atoms with Crippen LogP contribution in [0.2, 0.25) is 0 Å². The molecule has 0 bridgehead atoms. The van der Waals surface area contributed by atoms with Crippen LogP contribution in [0.25, 0.3) is 0 Å². The summed E-state index contributed by atoms with van der Waals surface area (Å²) >= 11 is 0. The van der Waals surface area contributed by atoms with Crippen molar-refractivity contribution in [3.05, 3.63) is 47.9 Å². The lowest BCUT2D eigenvalue weighted by Gasteiger charge is -2.19. The van der Waals surface area contributed by atoms with E-state index in [1.807, 2.05) is 42.3 Å². The van der Waals surface area contributed by atoms with Crippen LogP contribution >= 0.6 is 0 Å². The molecule has 130 valence electrons. The number of carboxylic acid groups (broad SMARTS) is 1. The highest BCUT2D eigenvalue weighted by Gasteiger charge is 2.23. The standard InChI is InChI=1S/C16H20N2O5S/c1-12-15(11-14(23-12)16(19)20)24(21,22)17-9-6-10-18(2)13-7-4-3-5-8-13/h3-5,7-8,11,17H,6,9-10H2,1-2H3,(H,19,20). The summed E-state index contributed by atoms with van der Waals surface area (Å²) in [4.78, 5) is 12.7. The zero-order chi connectivity index (χ0) is 17.7. The SMILES string of the molecule is Cc1oc(C(=O)O)cc1S(=O)(=O)NCCCN(C)c1ccccc1. The van der Waals surface area contributed by atoms with Crippen molar-refractivity contribution in [1.82, 2.24) is 4.72 Å². The number of para-hydroxylation sites is 1. The van der Waals surface area contributed by atoms with Gasteiger partial charge in [-0.05, 0) is 25.5 Å². The average molecular weight is 352 g/mol. The number of sulfonamides is 1. The number of aromatic carboxylic acids is 1. The first-order chi connectivity index (χ1) is 11.3. The van der Waals surface area contributed by atoms with Crippen LogP contribution in [-0.4, -0.2) is 39.6 Å². The minimum absolute atomic E-state index is 0.0568. The van der Waals surface area contributed by atoms with Gasteiger partial charge in [0, 0.05) is 31.9 Å². The highest BCUT2D eigenvalue weighted by atomic mass is 32.2. The summed E-state index contributed by atoms with van der Waals surface area (Å²) < 4.78 is 31.9. The molecule has 7 nitrogen and oxygen atoms in total. The van der Waals surface area contributed by atoms with Gasteiger partial charge in [-0.2, -0.15) is 0 Å². The quantitative estimate of drug-likeness (QED) is 0.706. The van der Waals surface area contributed by atoms with Crippen molar-refractivity contribution >= 4 is 21.7 Å². The molecule has 0 spiro atoms. The summed E-state index contributed by atoms with van der Waals surface area (Å²) in [6, 6.07) is 10.8. The molecule has 0 amide bonds. The number of nitrogens with zero attached hydrogens (tertiary/aromatic N) is 1. The first-order valence-corrected chi connectivity index (χ1v) is 8.89. The summed E-state index contributed by atoms with van der Waals surface area (Å²) in [6.45, 7) is 2.34. The smallest absolute Gasteiger partial charge is 0.371 e. The fourth-order valence-corrected chi connectivity index (χ4v) is 3.50. The highest BCUT2D eigenvalue weighted by Crippen LogP contribution is 2.20. The molecule has 1 aromatic heterocycles. The number of hydrogen-bond donors (Lipinski definition) is 2. The van der Waals surface area contributed by atoms with Crippen LogP contribution in [0, 0.1) is 6.92 Å². The predicted molar refractivity (Wildman–Crippen MR) is 89.9 cm³/mol. The van der Waals surface area contributed by atoms with Gasteiger partial charge in [0.25, 0.3) is 0 Å². The molecule has 2 aromatic rings. The Bertz CT molecular complexity index is 799. The number of rotatable bonds is 8. The van der Waals surface area contributed by atoms with Gasteiger partial charge in [0.1, 0.15) is 10.7 Å². The van der Waals surface area contributed by atoms with Crippen LogP contribution in [0.4, 0.5) is 5.69 Å². The van der Waals surface area contributed by atoms with Gasteiger partial charge in [-0.3, -0.25) is 0 Å². The molecule has 0 aliphatic rings. The van der Waals surface area contributed by atoms with Crippen molar-refractivity contribution in [1.29, 1.82) is 0 Å². The summed E-state index contributed by atoms with van der Waals surface area (Å²) in [5.74, 6) is -1.64. The van der Waals surface area contributed by atoms with E-state index >= 15 is 0 Å². The van der Waals surface area contributed by atoms with Gasteiger partial charge in [-0.1, -0.05) is 18.2 Å². The molecule has 0 saturated heterocycles. The fourth-order valence-electron chi connectivity index (χ4n) is 2.25. The summed E-state index contributed by atoms with van der Waals surface area (Å²) in [5, 5.41) is 8.86. The van der Waals surface area contributed by atoms with Gasteiger partial charge >= 0.3 is 5.97 Å². The van der Waals surface area contributed by atoms with Gasteiger partial charge in [-0.15, -0.1) is 0 Å². The molecular weight excluding hydrogens is 332 g/mol. The third-order valence-electron chi connectivity index (χ3n) is 3.53. The molecule has 1 heterocycles. The molecule has 2 rings (SSSR count). The Morgan fingerprint density at radius 2 is 1.96 bits per heavy atom. The van der Waals surface area contributed by atoms with Crippen LogP contribution in [0.3, 0.4) is 0 Å². The number of benzene rings is 1. The Labute approximate surface area is 140 Å². The van der Waals surface area contributed by atoms with E-state index in [0.717, 1.165) is 11.8 Å². The van der Waals surface area contributed by atoms with Crippen LogP contribution in [0.15, 0.2) is 45.7 Å². The van der Waals surface area contributed by atoms with E-state index in [0.29, 0.717) is 13.0 Å². The molecule has 0 saturated carbocycles. The first kappa shape index (κ1) is 18.0. The lowest BCUT2D eigenvalue weighted by molar-refractivity contribution is 0.0661. The van der Waals surface area contributed by atoms with Gasteiger partial charge in [0.15, 0.2) is 0 Å². The third-order valence-corrected chi connectivity index (χ3v) is 5.10. The number of nitrogens with one attached hydrogen (secondary N) is 1. The summed E-state index contributed by atoms with van der Waals surface area (Å²) in [5.41, 5.74) is 1.05. The maximum Gasteiger partial charge on any atom is 0.371 e. The van der Waals surface area contributed by atoms with Crippen molar-refractivity contribution < 1.29 is 22.7 Å². The minimum Gasteiger partial charge on any atom is -0.475 e. The monoisotopic (exact) mass is 352 g/mol. The number of hydrogen-bond acceptors (Lipinski definition) is 5. The van der Waals surface area contributed by atoms with Crippen molar-refractivity contribution in [3.63, 3.8) is 0 Å². The maximum absolute atomic E-state index is 12.2. The Morgan fingerprint density at radius 3 is 2.54 bits per heavy atom. The number of anilines is 1. The maximum atomic E-state index is 12.2. The fraction of sp³-hybridized carbons (Fsp3) is 0.312. The zero-order valence-electron chi connectivity index (χ0n) is 13.5. The second-order valence-electron chi connectivity index (χ2n) is 5.34. The normalized spacial score (nSPS) is 11.4. The zero-order valence-corrected chi connectivity index (χ0v) is 14.3. The van der Waals surface area contributed by atoms with E-state index in [4.69, 9.17) is 9.52 Å². The van der Waals surface area contributed by atoms with E-state index in [1.165, 1.54) is 6.92 Å². The van der Waals surface area contributed by atoms with Gasteiger partial charge in [-0.25, -0.2) is 17.9 Å². The number of furan rings is 1. The van der Waals surface area contributed by atoms with Crippen molar-refractivity contribution in [3.8, 4) is 0 Å². The largest absolute Gasteiger partial charge is 0.475 e. The van der Waals surface area contributed by atoms with E-state index < -0.39 is 21.8 Å². The van der Waals surface area contributed by atoms with E-state index in [2.05, 4.69) is 4.72 Å². The van der Waals surface area contributed by atoms with E-state index in [9.17, 15) is 13.2 Å². The number of aryl methyl sites for hydroxylation is 1. The summed E-state index contributed by atoms with van der Waals surface area (Å²) in [6.07, 6.45) is 0.604. The molecule has 8 heteroatoms. The molecule has 0 radical (unpaired) electrons. The molecule has 0 atom stereocenters. The molecule has 24 heavy (non-hydrogen) atoms. The van der Waals surface area contributed by atoms with Crippen molar-refractivity contribution in [2.75, 3.05) is 25.0 Å². The minimum atomic E-state index is -3.79. The summed E-state index contributed by atoms with van der Waals surface area (Å²) in [7, 11) is -1.86. The molecule has 1 aromatic carbocycles. The Morgan fingerprint density at radius 1 is 1.29 bits per heavy atom. The molecule has 0 aliphatic carbocycles. The van der Waals surface area contributed by atoms with E-state index in [-0.39, 0.29) is 17.2 Å². The lowest BCUT2D eigenvalue weighted by atomic mass is 10.3. The predicted octanol–water partition coefficient (Wildman–Crippen LogP) is 2.09. The molecule has 2 N–H and O–H groups in total. The van der Waals surface area contributed by atoms with Gasteiger partial charge < -0.3 is 14.4 Å². The molecular formula is C16H20N2O5S. The van der Waals surface area contributed by atoms with Gasteiger partial charge in [0.05, 0.1) is 0 Å². The number of carbonyl (C=O) groups is 1. The van der Waals surface area contributed by atoms with Crippen LogP contribution in [0.1, 0.15) is 22.7 Å². The van der Waals surface area contributed by atoms with Crippen molar-refractivity contribution in [2.24, 2.45) is 0 Å². The Kier molecular flexibility index (Phi) is 5.63. The van der Waals surface area contributed by atoms with Gasteiger partial charge in [0.2, 0.25) is 15.8 Å². The second kappa shape index (κ2) is 7.50. The number of carboxylic acids is 1. The molecule has 0 unspecified atom stereocenters. The highest BCUT2D eigenvalue weighted by molar-refractivity contribution is 7.89. The van der Waals surface area contributed by atoms with Crippen molar-refractivity contribution in [2.45, 2.75) is 18.2 Å². The van der Waals surface area contributed by atoms with Crippen LogP contribution in [-0.2, 0) is 10.0 Å². The van der Waals surface area contributed by atoms with Crippen LogP contribution in [0.5, 0.6) is 0 Å². The Hall–Kier alpha value is -2.32. The lowest BCUT2D eigenvalue weighted by Crippen LogP contribution is -2.28. The third kappa shape index (κ3) is 4.36. The van der Waals surface area contributed by atoms with E-state index in [1.54, 1.807) is 0 Å². The average Bonchev–Trinajstić information content (AvgIpc) is 2.95. The second-order valence-corrected chi connectivity index (χ2v) is 7.08. The topological polar surface area (TPSA) is 99.8 Å².